The SMILES string of the molecule is CCCCC[C@@H](C)NS(=O)(=O)c1cnn(C)c1. The van der Waals surface area contributed by atoms with Gasteiger partial charge in [-0.3, -0.25) is 4.68 Å². The Hall–Kier alpha value is -0.880. The van der Waals surface area contributed by atoms with Crippen LogP contribution in [0.4, 0.5) is 0 Å². The Morgan fingerprint density at radius 2 is 2.18 bits per heavy atom. The summed E-state index contributed by atoms with van der Waals surface area (Å²) in [4.78, 5) is 0.224. The van der Waals surface area contributed by atoms with Crippen molar-refractivity contribution >= 4 is 10.0 Å². The molecule has 0 saturated carbocycles. The highest BCUT2D eigenvalue weighted by molar-refractivity contribution is 7.89. The number of aryl methyl sites for hydroxylation is 1. The summed E-state index contributed by atoms with van der Waals surface area (Å²) in [5.74, 6) is 0. The van der Waals surface area contributed by atoms with Gasteiger partial charge >= 0.3 is 0 Å². The van der Waals surface area contributed by atoms with E-state index in [2.05, 4.69) is 16.7 Å². The van der Waals surface area contributed by atoms with Gasteiger partial charge in [0.05, 0.1) is 6.20 Å². The average Bonchev–Trinajstić information content (AvgIpc) is 2.65. The van der Waals surface area contributed by atoms with E-state index in [0.29, 0.717) is 0 Å². The van der Waals surface area contributed by atoms with Crippen molar-refractivity contribution in [3.05, 3.63) is 12.4 Å². The van der Waals surface area contributed by atoms with Gasteiger partial charge in [0.2, 0.25) is 10.0 Å². The molecule has 0 aliphatic carbocycles. The highest BCUT2D eigenvalue weighted by Gasteiger charge is 2.18. The van der Waals surface area contributed by atoms with Crippen LogP contribution in [-0.4, -0.2) is 24.2 Å². The van der Waals surface area contributed by atoms with E-state index in [0.717, 1.165) is 25.7 Å². The minimum absolute atomic E-state index is 0.0354. The van der Waals surface area contributed by atoms with E-state index in [1.165, 1.54) is 17.1 Å². The Labute approximate surface area is 103 Å². The van der Waals surface area contributed by atoms with Gasteiger partial charge in [0, 0.05) is 19.3 Å². The van der Waals surface area contributed by atoms with Gasteiger partial charge in [-0.2, -0.15) is 5.10 Å². The molecule has 1 aromatic heterocycles. The van der Waals surface area contributed by atoms with Gasteiger partial charge in [0.1, 0.15) is 4.90 Å². The maximum absolute atomic E-state index is 11.9. The van der Waals surface area contributed by atoms with Crippen molar-refractivity contribution in [2.24, 2.45) is 7.05 Å². The molecule has 1 aromatic rings. The van der Waals surface area contributed by atoms with Crippen LogP contribution in [0.15, 0.2) is 17.3 Å². The number of nitrogens with one attached hydrogen (secondary N) is 1. The molecular formula is C11H21N3O2S. The molecular weight excluding hydrogens is 238 g/mol. The Morgan fingerprint density at radius 1 is 1.47 bits per heavy atom. The molecule has 5 nitrogen and oxygen atoms in total. The highest BCUT2D eigenvalue weighted by Crippen LogP contribution is 2.09. The van der Waals surface area contributed by atoms with E-state index in [1.807, 2.05) is 6.92 Å². The van der Waals surface area contributed by atoms with E-state index in [-0.39, 0.29) is 10.9 Å². The van der Waals surface area contributed by atoms with Crippen molar-refractivity contribution in [1.82, 2.24) is 14.5 Å². The molecule has 0 aromatic carbocycles. The quantitative estimate of drug-likeness (QED) is 0.758. The van der Waals surface area contributed by atoms with Crippen LogP contribution in [0.2, 0.25) is 0 Å². The molecule has 6 heteroatoms. The first-order valence-electron chi connectivity index (χ1n) is 5.96. The summed E-state index contributed by atoms with van der Waals surface area (Å²) >= 11 is 0. The molecule has 0 unspecified atom stereocenters. The molecule has 0 amide bonds. The normalized spacial score (nSPS) is 13.8. The lowest BCUT2D eigenvalue weighted by Gasteiger charge is -2.12. The fourth-order valence-corrected chi connectivity index (χ4v) is 2.89. The van der Waals surface area contributed by atoms with Crippen LogP contribution < -0.4 is 4.72 Å². The molecule has 0 spiro atoms. The van der Waals surface area contributed by atoms with Crippen molar-refractivity contribution < 1.29 is 8.42 Å². The average molecular weight is 259 g/mol. The Morgan fingerprint density at radius 3 is 2.71 bits per heavy atom. The van der Waals surface area contributed by atoms with Gasteiger partial charge in [-0.1, -0.05) is 26.2 Å². The van der Waals surface area contributed by atoms with Gasteiger partial charge in [-0.15, -0.1) is 0 Å². The third kappa shape index (κ3) is 4.47. The molecule has 98 valence electrons. The van der Waals surface area contributed by atoms with Crippen LogP contribution in [0.1, 0.15) is 39.5 Å². The number of unbranched alkanes of at least 4 members (excludes halogenated alkanes) is 2. The molecule has 0 aliphatic heterocycles. The summed E-state index contributed by atoms with van der Waals surface area (Å²) in [6.45, 7) is 4.02. The van der Waals surface area contributed by atoms with Gasteiger partial charge in [-0.25, -0.2) is 13.1 Å². The number of sulfonamides is 1. The lowest BCUT2D eigenvalue weighted by atomic mass is 10.1. The topological polar surface area (TPSA) is 64.0 Å². The third-order valence-electron chi connectivity index (χ3n) is 2.59. The predicted molar refractivity (Wildman–Crippen MR) is 67.1 cm³/mol. The van der Waals surface area contributed by atoms with Gasteiger partial charge in [-0.05, 0) is 13.3 Å². The van der Waals surface area contributed by atoms with Crippen molar-refractivity contribution in [3.63, 3.8) is 0 Å². The molecule has 1 heterocycles. The Kier molecular flexibility index (Phi) is 5.14. The molecule has 1 rings (SSSR count). The van der Waals surface area contributed by atoms with E-state index in [1.54, 1.807) is 7.05 Å². The summed E-state index contributed by atoms with van der Waals surface area (Å²) < 4.78 is 28.0. The number of rotatable bonds is 7. The zero-order valence-electron chi connectivity index (χ0n) is 10.7. The van der Waals surface area contributed by atoms with E-state index in [4.69, 9.17) is 0 Å². The van der Waals surface area contributed by atoms with Crippen molar-refractivity contribution in [1.29, 1.82) is 0 Å². The van der Waals surface area contributed by atoms with Crippen molar-refractivity contribution in [2.75, 3.05) is 0 Å². The summed E-state index contributed by atoms with van der Waals surface area (Å²) in [6, 6.07) is -0.0354. The molecule has 1 atom stereocenters. The van der Waals surface area contributed by atoms with E-state index in [9.17, 15) is 8.42 Å². The zero-order chi connectivity index (χ0) is 12.9. The van der Waals surface area contributed by atoms with Crippen LogP contribution in [0.3, 0.4) is 0 Å². The molecule has 17 heavy (non-hydrogen) atoms. The Balaban J connectivity index is 2.55. The summed E-state index contributed by atoms with van der Waals surface area (Å²) in [7, 11) is -1.71. The van der Waals surface area contributed by atoms with Crippen molar-refractivity contribution in [3.8, 4) is 0 Å². The maximum atomic E-state index is 11.9. The third-order valence-corrected chi connectivity index (χ3v) is 4.13. The van der Waals surface area contributed by atoms with Crippen LogP contribution in [0.5, 0.6) is 0 Å². The fourth-order valence-electron chi connectivity index (χ4n) is 1.63. The first kappa shape index (κ1) is 14.2. The van der Waals surface area contributed by atoms with Gasteiger partial charge < -0.3 is 0 Å². The molecule has 0 bridgehead atoms. The van der Waals surface area contributed by atoms with Crippen LogP contribution >= 0.6 is 0 Å². The second kappa shape index (κ2) is 6.16. The van der Waals surface area contributed by atoms with Crippen LogP contribution in [0, 0.1) is 0 Å². The molecule has 0 aliphatic rings. The largest absolute Gasteiger partial charge is 0.274 e. The van der Waals surface area contributed by atoms with E-state index < -0.39 is 10.0 Å². The lowest BCUT2D eigenvalue weighted by molar-refractivity contribution is 0.527. The summed E-state index contributed by atoms with van der Waals surface area (Å²) in [5.41, 5.74) is 0. The number of aromatic nitrogens is 2. The molecule has 0 radical (unpaired) electrons. The van der Waals surface area contributed by atoms with Crippen LogP contribution in [-0.2, 0) is 17.1 Å². The molecule has 1 N–H and O–H groups in total. The molecule has 0 fully saturated rings. The summed E-state index contributed by atoms with van der Waals surface area (Å²) in [6.07, 6.45) is 7.06. The smallest absolute Gasteiger partial charge is 0.243 e. The second-order valence-electron chi connectivity index (χ2n) is 4.37. The summed E-state index contributed by atoms with van der Waals surface area (Å²) in [5, 5.41) is 3.86. The van der Waals surface area contributed by atoms with Crippen LogP contribution in [0.25, 0.3) is 0 Å². The molecule has 0 saturated heterocycles. The Bertz CT molecular complexity index is 439. The van der Waals surface area contributed by atoms with Gasteiger partial charge in [0.25, 0.3) is 0 Å². The van der Waals surface area contributed by atoms with E-state index >= 15 is 0 Å². The van der Waals surface area contributed by atoms with Gasteiger partial charge in [0.15, 0.2) is 0 Å². The monoisotopic (exact) mass is 259 g/mol. The lowest BCUT2D eigenvalue weighted by Crippen LogP contribution is -2.32. The zero-order valence-corrected chi connectivity index (χ0v) is 11.5. The minimum atomic E-state index is -3.41. The predicted octanol–water partition coefficient (Wildman–Crippen LogP) is 1.67. The van der Waals surface area contributed by atoms with Crippen molar-refractivity contribution in [2.45, 2.75) is 50.5 Å². The fraction of sp³-hybridized carbons (Fsp3) is 0.727. The number of hydrogen-bond acceptors (Lipinski definition) is 3. The number of hydrogen-bond donors (Lipinski definition) is 1. The standard InChI is InChI=1S/C11H21N3O2S/c1-4-5-6-7-10(2)13-17(15,16)11-8-12-14(3)9-11/h8-10,13H,4-7H2,1-3H3/t10-/m1/s1. The first-order valence-corrected chi connectivity index (χ1v) is 7.45. The highest BCUT2D eigenvalue weighted by atomic mass is 32.2. The maximum Gasteiger partial charge on any atom is 0.243 e. The first-order chi connectivity index (χ1) is 7.95. The number of nitrogens with zero attached hydrogens (tertiary/aromatic N) is 2. The minimum Gasteiger partial charge on any atom is -0.274 e. The second-order valence-corrected chi connectivity index (χ2v) is 6.08.